The lowest BCUT2D eigenvalue weighted by atomic mass is 10.0. The van der Waals surface area contributed by atoms with E-state index < -0.39 is 6.04 Å². The lowest BCUT2D eigenvalue weighted by molar-refractivity contribution is -0.128. The summed E-state index contributed by atoms with van der Waals surface area (Å²) in [5.74, 6) is 5.11. The van der Waals surface area contributed by atoms with Gasteiger partial charge in [0.1, 0.15) is 6.04 Å². The second kappa shape index (κ2) is 7.89. The minimum Gasteiger partial charge on any atom is -0.383 e. The molecule has 0 aromatic heterocycles. The van der Waals surface area contributed by atoms with Crippen molar-refractivity contribution in [1.82, 2.24) is 10.3 Å². The third kappa shape index (κ3) is 4.02. The first-order chi connectivity index (χ1) is 9.15. The van der Waals surface area contributed by atoms with Crippen LogP contribution in [-0.2, 0) is 9.53 Å². The number of ether oxygens (including phenoxy) is 1. The number of rotatable bonds is 7. The molecule has 0 aliphatic heterocycles. The van der Waals surface area contributed by atoms with Crippen LogP contribution in [0.15, 0.2) is 30.3 Å². The number of hydrazine groups is 1. The zero-order valence-electron chi connectivity index (χ0n) is 11.8. The summed E-state index contributed by atoms with van der Waals surface area (Å²) in [5, 5.41) is 0. The van der Waals surface area contributed by atoms with Crippen LogP contribution in [-0.4, -0.2) is 37.1 Å². The van der Waals surface area contributed by atoms with Crippen molar-refractivity contribution < 1.29 is 9.53 Å². The van der Waals surface area contributed by atoms with Gasteiger partial charge in [-0.05, 0) is 19.0 Å². The van der Waals surface area contributed by atoms with Gasteiger partial charge in [0.2, 0.25) is 0 Å². The van der Waals surface area contributed by atoms with Gasteiger partial charge in [-0.25, -0.2) is 5.84 Å². The van der Waals surface area contributed by atoms with Crippen molar-refractivity contribution in [3.8, 4) is 0 Å². The Bertz CT molecular complexity index is 384. The third-order valence-corrected chi connectivity index (χ3v) is 3.18. The van der Waals surface area contributed by atoms with Crippen LogP contribution in [0.1, 0.15) is 25.5 Å². The summed E-state index contributed by atoms with van der Waals surface area (Å²) < 4.78 is 5.18. The molecule has 0 aliphatic carbocycles. The Morgan fingerprint density at radius 2 is 2.05 bits per heavy atom. The molecule has 0 bridgehead atoms. The Hall–Kier alpha value is -1.43. The van der Waals surface area contributed by atoms with E-state index in [4.69, 9.17) is 10.6 Å². The zero-order chi connectivity index (χ0) is 14.3. The number of hydrogen-bond acceptors (Lipinski definition) is 4. The number of amides is 1. The molecule has 0 radical (unpaired) electrons. The molecule has 0 spiro atoms. The van der Waals surface area contributed by atoms with Crippen molar-refractivity contribution in [2.45, 2.75) is 25.9 Å². The van der Waals surface area contributed by atoms with Gasteiger partial charge in [0, 0.05) is 13.2 Å². The first-order valence-electron chi connectivity index (χ1n) is 6.45. The van der Waals surface area contributed by atoms with Gasteiger partial charge < -0.3 is 4.74 Å². The number of carbonyl (C=O) groups is 1. The minimum absolute atomic E-state index is 0.123. The maximum Gasteiger partial charge on any atom is 0.255 e. The average Bonchev–Trinajstić information content (AvgIpc) is 2.44. The first kappa shape index (κ1) is 15.6. The number of likely N-dealkylation sites (N-methyl/N-ethyl adjacent to an activating group) is 1. The van der Waals surface area contributed by atoms with Crippen LogP contribution in [0.5, 0.6) is 0 Å². The molecule has 0 saturated carbocycles. The molecule has 3 N–H and O–H groups in total. The molecule has 0 saturated heterocycles. The number of methoxy groups -OCH3 is 1. The average molecular weight is 265 g/mol. The van der Waals surface area contributed by atoms with E-state index in [1.807, 2.05) is 44.2 Å². The van der Waals surface area contributed by atoms with Gasteiger partial charge in [0.15, 0.2) is 0 Å². The van der Waals surface area contributed by atoms with E-state index in [1.54, 1.807) is 7.11 Å². The Balaban J connectivity index is 3.05. The van der Waals surface area contributed by atoms with Crippen molar-refractivity contribution in [3.05, 3.63) is 35.9 Å². The summed E-state index contributed by atoms with van der Waals surface area (Å²) in [4.78, 5) is 14.2. The minimum atomic E-state index is -0.402. The summed E-state index contributed by atoms with van der Waals surface area (Å²) >= 11 is 0. The van der Waals surface area contributed by atoms with Crippen LogP contribution in [0.25, 0.3) is 0 Å². The number of nitrogens with one attached hydrogen (secondary N) is 1. The fraction of sp³-hybridized carbons (Fsp3) is 0.500. The van der Waals surface area contributed by atoms with Crippen LogP contribution < -0.4 is 11.3 Å². The largest absolute Gasteiger partial charge is 0.383 e. The van der Waals surface area contributed by atoms with Crippen molar-refractivity contribution in [2.24, 2.45) is 5.84 Å². The molecule has 1 amide bonds. The number of carbonyl (C=O) groups excluding carboxylic acids is 1. The zero-order valence-corrected chi connectivity index (χ0v) is 11.8. The third-order valence-electron chi connectivity index (χ3n) is 3.18. The molecule has 19 heavy (non-hydrogen) atoms. The summed E-state index contributed by atoms with van der Waals surface area (Å²) in [6.45, 7) is 5.35. The van der Waals surface area contributed by atoms with E-state index in [0.717, 1.165) is 12.1 Å². The van der Waals surface area contributed by atoms with Gasteiger partial charge in [-0.1, -0.05) is 37.3 Å². The molecule has 0 heterocycles. The smallest absolute Gasteiger partial charge is 0.255 e. The normalized spacial score (nSPS) is 14.2. The van der Waals surface area contributed by atoms with E-state index in [1.165, 1.54) is 0 Å². The van der Waals surface area contributed by atoms with E-state index >= 15 is 0 Å². The van der Waals surface area contributed by atoms with Crippen LogP contribution in [0.3, 0.4) is 0 Å². The Kier molecular flexibility index (Phi) is 6.49. The van der Waals surface area contributed by atoms with E-state index in [9.17, 15) is 4.79 Å². The van der Waals surface area contributed by atoms with Crippen LogP contribution in [0.2, 0.25) is 0 Å². The van der Waals surface area contributed by atoms with Gasteiger partial charge in [0.05, 0.1) is 6.61 Å². The van der Waals surface area contributed by atoms with Crippen molar-refractivity contribution in [3.63, 3.8) is 0 Å². The van der Waals surface area contributed by atoms with E-state index in [0.29, 0.717) is 6.61 Å². The van der Waals surface area contributed by atoms with Crippen LogP contribution >= 0.6 is 0 Å². The molecule has 0 aliphatic rings. The van der Waals surface area contributed by atoms with Crippen molar-refractivity contribution in [2.75, 3.05) is 20.3 Å². The SMILES string of the molecule is CCN(C(C)COC)C(C(=O)NN)c1ccccc1. The fourth-order valence-corrected chi connectivity index (χ4v) is 2.29. The molecule has 2 unspecified atom stereocenters. The van der Waals surface area contributed by atoms with Gasteiger partial charge in [-0.3, -0.25) is 15.1 Å². The first-order valence-corrected chi connectivity index (χ1v) is 6.45. The highest BCUT2D eigenvalue weighted by Gasteiger charge is 2.29. The number of nitrogens with two attached hydrogens (primary N) is 1. The van der Waals surface area contributed by atoms with E-state index in [-0.39, 0.29) is 11.9 Å². The quantitative estimate of drug-likeness (QED) is 0.440. The van der Waals surface area contributed by atoms with Crippen molar-refractivity contribution >= 4 is 5.91 Å². The number of hydrogen-bond donors (Lipinski definition) is 2. The van der Waals surface area contributed by atoms with Gasteiger partial charge in [-0.2, -0.15) is 0 Å². The monoisotopic (exact) mass is 265 g/mol. The topological polar surface area (TPSA) is 67.6 Å². The van der Waals surface area contributed by atoms with Crippen LogP contribution in [0, 0.1) is 0 Å². The Morgan fingerprint density at radius 3 is 2.53 bits per heavy atom. The number of benzene rings is 1. The van der Waals surface area contributed by atoms with Gasteiger partial charge >= 0.3 is 0 Å². The summed E-state index contributed by atoms with van der Waals surface area (Å²) in [5.41, 5.74) is 3.18. The lowest BCUT2D eigenvalue weighted by Crippen LogP contribution is -2.47. The van der Waals surface area contributed by atoms with Gasteiger partial charge in [0.25, 0.3) is 5.91 Å². The highest BCUT2D eigenvalue weighted by molar-refractivity contribution is 5.82. The maximum absolute atomic E-state index is 12.1. The van der Waals surface area contributed by atoms with Gasteiger partial charge in [-0.15, -0.1) is 0 Å². The van der Waals surface area contributed by atoms with Crippen LogP contribution in [0.4, 0.5) is 0 Å². The Labute approximate surface area is 114 Å². The lowest BCUT2D eigenvalue weighted by Gasteiger charge is -2.34. The highest BCUT2D eigenvalue weighted by Crippen LogP contribution is 2.23. The molecule has 2 atom stereocenters. The summed E-state index contributed by atoms with van der Waals surface area (Å²) in [6.07, 6.45) is 0. The Morgan fingerprint density at radius 1 is 1.42 bits per heavy atom. The standard InChI is InChI=1S/C14H23N3O2/c1-4-17(11(2)10-19-3)13(14(18)16-15)12-8-6-5-7-9-12/h5-9,11,13H,4,10,15H2,1-3H3,(H,16,18). The molecule has 1 aromatic carbocycles. The summed E-state index contributed by atoms with van der Waals surface area (Å²) in [7, 11) is 1.66. The molecule has 106 valence electrons. The number of nitrogens with zero attached hydrogens (tertiary/aromatic N) is 1. The second-order valence-corrected chi connectivity index (χ2v) is 4.46. The predicted molar refractivity (Wildman–Crippen MR) is 75.2 cm³/mol. The second-order valence-electron chi connectivity index (χ2n) is 4.46. The maximum atomic E-state index is 12.1. The highest BCUT2D eigenvalue weighted by atomic mass is 16.5. The summed E-state index contributed by atoms with van der Waals surface area (Å²) in [6, 6.07) is 9.35. The molecule has 5 nitrogen and oxygen atoms in total. The van der Waals surface area contributed by atoms with Crippen molar-refractivity contribution in [1.29, 1.82) is 0 Å². The molecule has 5 heteroatoms. The molecule has 0 fully saturated rings. The fourth-order valence-electron chi connectivity index (χ4n) is 2.29. The molecule has 1 rings (SSSR count). The molecular weight excluding hydrogens is 242 g/mol. The van der Waals surface area contributed by atoms with E-state index in [2.05, 4.69) is 10.3 Å². The molecule has 1 aromatic rings. The molecular formula is C14H23N3O2. The predicted octanol–water partition coefficient (Wildman–Crippen LogP) is 1.07.